The lowest BCUT2D eigenvalue weighted by Gasteiger charge is -2.12. The van der Waals surface area contributed by atoms with Crippen molar-refractivity contribution in [2.75, 3.05) is 30.7 Å². The Labute approximate surface area is 207 Å². The van der Waals surface area contributed by atoms with E-state index in [9.17, 15) is 16.8 Å². The smallest absolute Gasteiger partial charge is 0.283 e. The molecule has 16 heteroatoms. The molecule has 0 aliphatic rings. The summed E-state index contributed by atoms with van der Waals surface area (Å²) in [4.78, 5) is 0.0301. The van der Waals surface area contributed by atoms with Gasteiger partial charge in [0.2, 0.25) is 0 Å². The summed E-state index contributed by atoms with van der Waals surface area (Å²) in [6, 6.07) is 6.23. The average Bonchev–Trinajstić information content (AvgIpc) is 2.77. The van der Waals surface area contributed by atoms with Crippen LogP contribution in [0.5, 0.6) is 5.75 Å². The van der Waals surface area contributed by atoms with Crippen LogP contribution >= 0.6 is 12.3 Å². The van der Waals surface area contributed by atoms with Crippen molar-refractivity contribution in [2.24, 2.45) is 10.2 Å². The molecule has 0 aliphatic heterocycles. The number of azo groups is 1. The summed E-state index contributed by atoms with van der Waals surface area (Å²) in [5.74, 6) is -0.808. The topological polar surface area (TPSA) is 182 Å². The van der Waals surface area contributed by atoms with Crippen molar-refractivity contribution >= 4 is 49.3 Å². The maximum absolute atomic E-state index is 12.7. The molecule has 0 saturated heterocycles. The van der Waals surface area contributed by atoms with Crippen LogP contribution in [0.2, 0.25) is 0 Å². The van der Waals surface area contributed by atoms with Crippen molar-refractivity contribution in [3.05, 3.63) is 41.0 Å². The lowest BCUT2D eigenvalue weighted by atomic mass is 10.1. The van der Waals surface area contributed by atoms with Crippen LogP contribution in [-0.2, 0) is 33.5 Å². The van der Waals surface area contributed by atoms with Crippen molar-refractivity contribution in [1.29, 1.82) is 0 Å². The third-order valence-corrected chi connectivity index (χ3v) is 7.31. The molecular weight excluding hydrogens is 526 g/mol. The summed E-state index contributed by atoms with van der Waals surface area (Å²) in [6.07, 6.45) is 0. The molecule has 0 unspecified atom stereocenters. The lowest BCUT2D eigenvalue weighted by Crippen LogP contribution is -2.13. The number of sulfone groups is 1. The van der Waals surface area contributed by atoms with Crippen LogP contribution in [0.4, 0.5) is 17.1 Å². The summed E-state index contributed by atoms with van der Waals surface area (Å²) >= 11 is 0.284. The minimum atomic E-state index is -4.18. The molecule has 0 radical (unpaired) electrons. The molecule has 13 nitrogen and oxygen atoms in total. The Balaban J connectivity index is 2.27. The molecule has 2 rings (SSSR count). The molecule has 35 heavy (non-hydrogen) atoms. The SMILES string of the molecule is COc1cc(S(=O)(=O)CCOSOOO)c(C)cc1N=Nc1cc(C)c(NCS(=O)(=O)O)cc1C. The first-order chi connectivity index (χ1) is 16.4. The molecule has 0 atom stereocenters. The first-order valence-electron chi connectivity index (χ1n) is 9.77. The van der Waals surface area contributed by atoms with E-state index in [1.807, 2.05) is 0 Å². The van der Waals surface area contributed by atoms with Crippen LogP contribution in [0.15, 0.2) is 39.4 Å². The van der Waals surface area contributed by atoms with E-state index in [4.69, 9.17) is 18.7 Å². The number of ether oxygens (including phenoxy) is 1. The maximum Gasteiger partial charge on any atom is 0.283 e. The fraction of sp³-hybridized carbons (Fsp3) is 0.368. The first kappa shape index (κ1) is 28.9. The van der Waals surface area contributed by atoms with Crippen molar-refractivity contribution in [3.8, 4) is 5.75 Å². The van der Waals surface area contributed by atoms with Crippen LogP contribution in [0, 0.1) is 20.8 Å². The molecule has 0 aromatic heterocycles. The molecule has 0 bridgehead atoms. The van der Waals surface area contributed by atoms with Gasteiger partial charge in [0.15, 0.2) is 22.2 Å². The van der Waals surface area contributed by atoms with E-state index < -0.39 is 25.8 Å². The normalized spacial score (nSPS) is 12.3. The van der Waals surface area contributed by atoms with Gasteiger partial charge in [0.05, 0.1) is 30.1 Å². The predicted octanol–water partition coefficient (Wildman–Crippen LogP) is 4.07. The monoisotopic (exact) mass is 551 g/mol. The van der Waals surface area contributed by atoms with Gasteiger partial charge in [0, 0.05) is 11.8 Å². The molecule has 2 aromatic carbocycles. The second-order valence-electron chi connectivity index (χ2n) is 7.20. The van der Waals surface area contributed by atoms with Crippen LogP contribution < -0.4 is 10.1 Å². The Bertz CT molecular complexity index is 1280. The van der Waals surface area contributed by atoms with Gasteiger partial charge in [-0.1, -0.05) is 5.04 Å². The summed E-state index contributed by atoms with van der Waals surface area (Å²) in [7, 11) is -6.55. The van der Waals surface area contributed by atoms with Gasteiger partial charge in [0.1, 0.15) is 17.3 Å². The number of aryl methyl sites for hydroxylation is 3. The van der Waals surface area contributed by atoms with E-state index in [1.165, 1.54) is 19.2 Å². The quantitative estimate of drug-likeness (QED) is 0.0811. The average molecular weight is 552 g/mol. The predicted molar refractivity (Wildman–Crippen MR) is 128 cm³/mol. The second-order valence-corrected chi connectivity index (χ2v) is 11.2. The van der Waals surface area contributed by atoms with E-state index in [0.717, 1.165) is 0 Å². The first-order valence-corrected chi connectivity index (χ1v) is 13.7. The Kier molecular flexibility index (Phi) is 10.4. The zero-order valence-corrected chi connectivity index (χ0v) is 21.7. The van der Waals surface area contributed by atoms with Crippen molar-refractivity contribution in [2.45, 2.75) is 25.7 Å². The van der Waals surface area contributed by atoms with Gasteiger partial charge >= 0.3 is 0 Å². The minimum Gasteiger partial charge on any atom is -0.494 e. The number of methoxy groups -OCH3 is 1. The van der Waals surface area contributed by atoms with Gasteiger partial charge in [-0.05, 0) is 55.7 Å². The van der Waals surface area contributed by atoms with E-state index in [0.29, 0.717) is 33.8 Å². The fourth-order valence-electron chi connectivity index (χ4n) is 2.93. The number of nitrogens with one attached hydrogen (secondary N) is 1. The summed E-state index contributed by atoms with van der Waals surface area (Å²) in [5.41, 5.74) is 3.09. The number of rotatable bonds is 13. The van der Waals surface area contributed by atoms with E-state index >= 15 is 0 Å². The highest BCUT2D eigenvalue weighted by Crippen LogP contribution is 2.35. The minimum absolute atomic E-state index is 0.0301. The number of hydrogen-bond acceptors (Lipinski definition) is 13. The van der Waals surface area contributed by atoms with Crippen LogP contribution in [0.3, 0.4) is 0 Å². The van der Waals surface area contributed by atoms with Crippen molar-refractivity contribution in [1.82, 2.24) is 0 Å². The zero-order valence-electron chi connectivity index (χ0n) is 19.2. The molecule has 0 heterocycles. The molecule has 0 saturated carbocycles. The Morgan fingerprint density at radius 2 is 1.63 bits per heavy atom. The molecular formula is C19H25N3O10S3. The van der Waals surface area contributed by atoms with Gasteiger partial charge in [0.25, 0.3) is 10.1 Å². The highest BCUT2D eigenvalue weighted by molar-refractivity contribution is 7.91. The molecule has 0 aliphatic carbocycles. The highest BCUT2D eigenvalue weighted by atomic mass is 32.2. The van der Waals surface area contributed by atoms with Crippen LogP contribution in [-0.4, -0.2) is 52.0 Å². The molecule has 0 fully saturated rings. The van der Waals surface area contributed by atoms with Crippen molar-refractivity contribution < 1.29 is 44.9 Å². The third kappa shape index (κ3) is 8.69. The molecule has 3 N–H and O–H groups in total. The molecule has 194 valence electrons. The van der Waals surface area contributed by atoms with Gasteiger partial charge in [-0.15, -0.1) is 9.45 Å². The molecule has 2 aromatic rings. The number of anilines is 1. The summed E-state index contributed by atoms with van der Waals surface area (Å²) in [5, 5.41) is 22.5. The summed E-state index contributed by atoms with van der Waals surface area (Å²) in [6.45, 7) is 4.87. The maximum atomic E-state index is 12.7. The van der Waals surface area contributed by atoms with Gasteiger partial charge in [-0.3, -0.25) is 8.74 Å². The standard InChI is InChI=1S/C19H25N3O10S3/c1-12-8-16(13(2)7-15(12)20-11-35(26,27)28)21-22-17-9-14(3)19(10-18(17)29-4)34(24,25)6-5-30-33-32-31-23/h7-10,20,23H,5-6,11H2,1-4H3,(H,26,27,28). The highest BCUT2D eigenvalue weighted by Gasteiger charge is 2.20. The van der Waals surface area contributed by atoms with Crippen LogP contribution in [0.1, 0.15) is 16.7 Å². The van der Waals surface area contributed by atoms with E-state index in [2.05, 4.69) is 24.9 Å². The number of nitrogens with zero attached hydrogens (tertiary/aromatic N) is 2. The van der Waals surface area contributed by atoms with Gasteiger partial charge < -0.3 is 10.1 Å². The van der Waals surface area contributed by atoms with Crippen molar-refractivity contribution in [3.63, 3.8) is 0 Å². The Morgan fingerprint density at radius 1 is 0.971 bits per heavy atom. The lowest BCUT2D eigenvalue weighted by molar-refractivity contribution is -0.434. The third-order valence-electron chi connectivity index (χ3n) is 4.61. The van der Waals surface area contributed by atoms with Gasteiger partial charge in [-0.25, -0.2) is 13.7 Å². The molecule has 0 spiro atoms. The fourth-order valence-corrected chi connectivity index (χ4v) is 4.94. The summed E-state index contributed by atoms with van der Waals surface area (Å²) < 4.78 is 70.4. The Hall–Kier alpha value is -2.31. The van der Waals surface area contributed by atoms with Gasteiger partial charge in [-0.2, -0.15) is 13.5 Å². The number of hydrogen-bond donors (Lipinski definition) is 3. The largest absolute Gasteiger partial charge is 0.494 e. The van der Waals surface area contributed by atoms with Crippen LogP contribution in [0.25, 0.3) is 0 Å². The molecule has 0 amide bonds. The number of benzene rings is 2. The van der Waals surface area contributed by atoms with E-state index in [1.54, 1.807) is 32.9 Å². The zero-order chi connectivity index (χ0) is 26.2. The van der Waals surface area contributed by atoms with E-state index in [-0.39, 0.29) is 35.3 Å². The second kappa shape index (κ2) is 12.6. The Morgan fingerprint density at radius 3 is 2.26 bits per heavy atom.